The zero-order valence-electron chi connectivity index (χ0n) is 20.8. The predicted molar refractivity (Wildman–Crippen MR) is 133 cm³/mol. The van der Waals surface area contributed by atoms with Crippen molar-refractivity contribution in [3.05, 3.63) is 65.2 Å². The predicted octanol–water partition coefficient (Wildman–Crippen LogP) is 6.32. The highest BCUT2D eigenvalue weighted by Crippen LogP contribution is 2.64. The topological polar surface area (TPSA) is 44.8 Å². The van der Waals surface area contributed by atoms with Crippen molar-refractivity contribution in [2.24, 2.45) is 23.2 Å². The Balaban J connectivity index is 1.35. The monoisotopic (exact) mass is 462 g/mol. The molecule has 0 radical (unpaired) electrons. The van der Waals surface area contributed by atoms with Crippen molar-refractivity contribution >= 4 is 5.97 Å². The molecular formula is C30H38O4. The normalized spacial score (nSPS) is 31.8. The van der Waals surface area contributed by atoms with Crippen molar-refractivity contribution in [1.29, 1.82) is 0 Å². The third kappa shape index (κ3) is 4.26. The summed E-state index contributed by atoms with van der Waals surface area (Å²) in [7, 11) is 3.36. The fourth-order valence-electron chi connectivity index (χ4n) is 7.69. The number of carbonyl (C=O) groups is 1. The van der Waals surface area contributed by atoms with Gasteiger partial charge >= 0.3 is 5.97 Å². The van der Waals surface area contributed by atoms with Crippen LogP contribution in [0, 0.1) is 23.2 Å². The highest BCUT2D eigenvalue weighted by Gasteiger charge is 2.58. The number of esters is 1. The second-order valence-corrected chi connectivity index (χ2v) is 10.8. The van der Waals surface area contributed by atoms with Crippen molar-refractivity contribution in [3.8, 4) is 5.75 Å². The molecule has 5 rings (SSSR count). The number of rotatable bonds is 7. The van der Waals surface area contributed by atoms with Gasteiger partial charge in [0, 0.05) is 13.5 Å². The molecule has 0 aromatic heterocycles. The van der Waals surface area contributed by atoms with Gasteiger partial charge in [0.2, 0.25) is 0 Å². The number of hydrogen-bond acceptors (Lipinski definition) is 4. The first-order valence-electron chi connectivity index (χ1n) is 12.9. The van der Waals surface area contributed by atoms with Crippen molar-refractivity contribution < 1.29 is 19.0 Å². The summed E-state index contributed by atoms with van der Waals surface area (Å²) in [4.78, 5) is 11.9. The molecule has 2 aromatic rings. The molecule has 34 heavy (non-hydrogen) atoms. The van der Waals surface area contributed by atoms with Gasteiger partial charge < -0.3 is 14.2 Å². The van der Waals surface area contributed by atoms with Gasteiger partial charge in [0.15, 0.2) is 0 Å². The largest absolute Gasteiger partial charge is 0.489 e. The number of hydrogen-bond donors (Lipinski definition) is 0. The highest BCUT2D eigenvalue weighted by atomic mass is 16.5. The molecule has 6 atom stereocenters. The SMILES string of the molecule is COC(=O)CC[C@@H]1C[C@H](OC)[C@@]2(C)CCC3c4ccc(OCc5ccccc5)cc4CCC3C12. The summed E-state index contributed by atoms with van der Waals surface area (Å²) in [6, 6.07) is 17.1. The van der Waals surface area contributed by atoms with E-state index in [4.69, 9.17) is 14.2 Å². The van der Waals surface area contributed by atoms with Gasteiger partial charge in [-0.05, 0) is 96.4 Å². The number of aryl methyl sites for hydroxylation is 1. The van der Waals surface area contributed by atoms with Gasteiger partial charge in [-0.3, -0.25) is 4.79 Å². The van der Waals surface area contributed by atoms with Crippen LogP contribution < -0.4 is 4.74 Å². The van der Waals surface area contributed by atoms with E-state index in [9.17, 15) is 4.79 Å². The molecule has 3 unspecified atom stereocenters. The Morgan fingerprint density at radius 2 is 1.91 bits per heavy atom. The van der Waals surface area contributed by atoms with E-state index >= 15 is 0 Å². The van der Waals surface area contributed by atoms with Crippen LogP contribution in [0.1, 0.15) is 68.1 Å². The Labute approximate surface area is 204 Å². The standard InChI is InChI=1S/C30H38O4/c1-30-16-15-25-24-13-11-23(34-19-20-7-5-4-6-8-20)17-21(24)9-12-26(25)29(30)22(18-27(30)32-2)10-14-28(31)33-3/h4-8,11,13,17,22,25-27,29H,9-10,12,14-16,18-19H2,1-3H3/t22-,25?,26?,27+,29?,30-/m1/s1. The summed E-state index contributed by atoms with van der Waals surface area (Å²) in [6.07, 6.45) is 7.51. The molecule has 0 spiro atoms. The lowest BCUT2D eigenvalue weighted by molar-refractivity contribution is -0.141. The van der Waals surface area contributed by atoms with Gasteiger partial charge in [-0.2, -0.15) is 0 Å². The van der Waals surface area contributed by atoms with Crippen LogP contribution in [0.2, 0.25) is 0 Å². The molecule has 3 aliphatic rings. The Bertz CT molecular complexity index is 1000. The van der Waals surface area contributed by atoms with E-state index in [2.05, 4.69) is 49.4 Å². The van der Waals surface area contributed by atoms with E-state index in [0.29, 0.717) is 36.7 Å². The van der Waals surface area contributed by atoms with Gasteiger partial charge in [0.1, 0.15) is 12.4 Å². The Morgan fingerprint density at radius 1 is 1.09 bits per heavy atom. The minimum absolute atomic E-state index is 0.0908. The lowest BCUT2D eigenvalue weighted by atomic mass is 9.53. The molecule has 0 saturated heterocycles. The zero-order chi connectivity index (χ0) is 23.7. The van der Waals surface area contributed by atoms with Gasteiger partial charge in [-0.25, -0.2) is 0 Å². The average molecular weight is 463 g/mol. The fraction of sp³-hybridized carbons (Fsp3) is 0.567. The van der Waals surface area contributed by atoms with E-state index in [-0.39, 0.29) is 17.5 Å². The van der Waals surface area contributed by atoms with Crippen LogP contribution in [0.15, 0.2) is 48.5 Å². The molecule has 182 valence electrons. The van der Waals surface area contributed by atoms with Crippen LogP contribution >= 0.6 is 0 Å². The molecule has 3 aliphatic carbocycles. The average Bonchev–Trinajstić information content (AvgIpc) is 3.17. The summed E-state index contributed by atoms with van der Waals surface area (Å²) in [5.41, 5.74) is 4.38. The minimum Gasteiger partial charge on any atom is -0.489 e. The van der Waals surface area contributed by atoms with Crippen molar-refractivity contribution in [1.82, 2.24) is 0 Å². The maximum atomic E-state index is 11.9. The molecule has 2 saturated carbocycles. The molecule has 2 fully saturated rings. The molecule has 0 aliphatic heterocycles. The summed E-state index contributed by atoms with van der Waals surface area (Å²) in [6.45, 7) is 3.06. The third-order valence-electron chi connectivity index (χ3n) is 9.23. The summed E-state index contributed by atoms with van der Waals surface area (Å²) in [5.74, 6) is 3.26. The molecule has 0 bridgehead atoms. The maximum Gasteiger partial charge on any atom is 0.305 e. The van der Waals surface area contributed by atoms with Gasteiger partial charge in [0.25, 0.3) is 0 Å². The van der Waals surface area contributed by atoms with E-state index in [0.717, 1.165) is 25.0 Å². The van der Waals surface area contributed by atoms with Gasteiger partial charge in [-0.15, -0.1) is 0 Å². The van der Waals surface area contributed by atoms with Crippen LogP contribution in [-0.4, -0.2) is 26.3 Å². The van der Waals surface area contributed by atoms with Crippen molar-refractivity contribution in [2.75, 3.05) is 14.2 Å². The fourth-order valence-corrected chi connectivity index (χ4v) is 7.69. The van der Waals surface area contributed by atoms with Crippen LogP contribution in [0.5, 0.6) is 5.75 Å². The molecule has 4 heteroatoms. The Hall–Kier alpha value is -2.33. The smallest absolute Gasteiger partial charge is 0.305 e. The second-order valence-electron chi connectivity index (χ2n) is 10.8. The summed E-state index contributed by atoms with van der Waals surface area (Å²) < 4.78 is 17.1. The second kappa shape index (κ2) is 9.73. The van der Waals surface area contributed by atoms with Crippen LogP contribution in [0.25, 0.3) is 0 Å². The highest BCUT2D eigenvalue weighted by molar-refractivity contribution is 5.69. The molecular weight excluding hydrogens is 424 g/mol. The van der Waals surface area contributed by atoms with Crippen molar-refractivity contribution in [2.45, 2.75) is 70.5 Å². The lowest BCUT2D eigenvalue weighted by Gasteiger charge is -2.52. The number of methoxy groups -OCH3 is 2. The first-order chi connectivity index (χ1) is 16.5. The first kappa shape index (κ1) is 23.4. The first-order valence-corrected chi connectivity index (χ1v) is 12.9. The molecule has 0 N–H and O–H groups in total. The molecule has 2 aromatic carbocycles. The quantitative estimate of drug-likeness (QED) is 0.452. The van der Waals surface area contributed by atoms with Gasteiger partial charge in [-0.1, -0.05) is 43.3 Å². The van der Waals surface area contributed by atoms with Crippen molar-refractivity contribution in [3.63, 3.8) is 0 Å². The van der Waals surface area contributed by atoms with Crippen LogP contribution in [0.4, 0.5) is 0 Å². The van der Waals surface area contributed by atoms with Crippen LogP contribution in [0.3, 0.4) is 0 Å². The number of fused-ring (bicyclic) bond motifs is 5. The molecule has 0 heterocycles. The van der Waals surface area contributed by atoms with E-state index in [1.165, 1.54) is 43.1 Å². The zero-order valence-corrected chi connectivity index (χ0v) is 20.8. The van der Waals surface area contributed by atoms with E-state index in [1.807, 2.05) is 13.2 Å². The third-order valence-corrected chi connectivity index (χ3v) is 9.23. The Morgan fingerprint density at radius 3 is 2.68 bits per heavy atom. The summed E-state index contributed by atoms with van der Waals surface area (Å²) >= 11 is 0. The molecule has 4 nitrogen and oxygen atoms in total. The number of carbonyl (C=O) groups excluding carboxylic acids is 1. The number of ether oxygens (including phenoxy) is 3. The number of benzene rings is 2. The minimum atomic E-state index is -0.0908. The molecule has 0 amide bonds. The lowest BCUT2D eigenvalue weighted by Crippen LogP contribution is -2.45. The maximum absolute atomic E-state index is 11.9. The Kier molecular flexibility index (Phi) is 6.70. The van der Waals surface area contributed by atoms with Crippen LogP contribution in [-0.2, 0) is 27.3 Å². The van der Waals surface area contributed by atoms with Gasteiger partial charge in [0.05, 0.1) is 13.2 Å². The van der Waals surface area contributed by atoms with E-state index in [1.54, 1.807) is 0 Å². The summed E-state index contributed by atoms with van der Waals surface area (Å²) in [5, 5.41) is 0. The van der Waals surface area contributed by atoms with E-state index < -0.39 is 0 Å².